The first kappa shape index (κ1) is 16.0. The molecule has 0 spiro atoms. The molecule has 1 aliphatic rings. The van der Waals surface area contributed by atoms with Crippen LogP contribution in [0.4, 0.5) is 11.4 Å². The third-order valence-corrected chi connectivity index (χ3v) is 3.98. The summed E-state index contributed by atoms with van der Waals surface area (Å²) in [5.41, 5.74) is 0.684. The van der Waals surface area contributed by atoms with E-state index in [2.05, 4.69) is 5.10 Å². The summed E-state index contributed by atoms with van der Waals surface area (Å²) in [7, 11) is 0. The van der Waals surface area contributed by atoms with E-state index >= 15 is 0 Å². The fraction of sp³-hybridized carbons (Fsp3) is 0.375. The fourth-order valence-corrected chi connectivity index (χ4v) is 2.66. The maximum atomic E-state index is 12.6. The summed E-state index contributed by atoms with van der Waals surface area (Å²) < 4.78 is 7.28. The number of hydrogen-bond donors (Lipinski definition) is 0. The monoisotopic (exact) mass is 330 g/mol. The number of nitro groups is 1. The van der Waals surface area contributed by atoms with Crippen molar-refractivity contribution in [3.8, 4) is 5.75 Å². The number of amides is 1. The summed E-state index contributed by atoms with van der Waals surface area (Å²) in [6.07, 6.45) is 3.50. The molecule has 126 valence electrons. The van der Waals surface area contributed by atoms with Crippen LogP contribution in [0, 0.1) is 10.1 Å². The molecule has 1 aromatic carbocycles. The summed E-state index contributed by atoms with van der Waals surface area (Å²) in [5.74, 6) is 0.654. The molecule has 0 radical (unpaired) electrons. The highest BCUT2D eigenvalue weighted by Crippen LogP contribution is 2.34. The lowest BCUT2D eigenvalue weighted by atomic mass is 10.1. The van der Waals surface area contributed by atoms with Crippen LogP contribution in [-0.2, 0) is 11.3 Å². The smallest absolute Gasteiger partial charge is 0.306 e. The first-order valence-corrected chi connectivity index (χ1v) is 7.81. The van der Waals surface area contributed by atoms with Gasteiger partial charge in [-0.2, -0.15) is 5.10 Å². The van der Waals surface area contributed by atoms with Gasteiger partial charge < -0.3 is 9.64 Å². The van der Waals surface area contributed by atoms with Gasteiger partial charge in [-0.15, -0.1) is 0 Å². The van der Waals surface area contributed by atoms with Gasteiger partial charge in [0.15, 0.2) is 0 Å². The molecule has 1 amide bonds. The zero-order valence-corrected chi connectivity index (χ0v) is 13.3. The Morgan fingerprint density at radius 1 is 1.46 bits per heavy atom. The van der Waals surface area contributed by atoms with E-state index in [1.165, 1.54) is 17.1 Å². The summed E-state index contributed by atoms with van der Waals surface area (Å²) in [6.45, 7) is 2.82. The maximum absolute atomic E-state index is 12.6. The summed E-state index contributed by atoms with van der Waals surface area (Å²) >= 11 is 0. The highest BCUT2D eigenvalue weighted by Gasteiger charge is 2.28. The van der Waals surface area contributed by atoms with Gasteiger partial charge >= 0.3 is 5.69 Å². The van der Waals surface area contributed by atoms with Crippen LogP contribution in [0.2, 0.25) is 0 Å². The molecule has 24 heavy (non-hydrogen) atoms. The van der Waals surface area contributed by atoms with Crippen LogP contribution >= 0.6 is 0 Å². The number of aryl methyl sites for hydroxylation is 1. The minimum atomic E-state index is -0.505. The van der Waals surface area contributed by atoms with Crippen molar-refractivity contribution in [1.29, 1.82) is 0 Å². The molecule has 0 N–H and O–H groups in total. The number of nitrogens with zero attached hydrogens (tertiary/aromatic N) is 4. The zero-order valence-electron chi connectivity index (χ0n) is 13.3. The van der Waals surface area contributed by atoms with Crippen molar-refractivity contribution in [1.82, 2.24) is 9.78 Å². The van der Waals surface area contributed by atoms with Crippen LogP contribution < -0.4 is 9.64 Å². The van der Waals surface area contributed by atoms with Crippen molar-refractivity contribution in [3.05, 3.63) is 46.8 Å². The van der Waals surface area contributed by atoms with Crippen LogP contribution in [0.15, 0.2) is 36.7 Å². The molecule has 1 aliphatic heterocycles. The molecular formula is C16H18N4O4. The molecule has 2 aromatic rings. The third-order valence-electron chi connectivity index (χ3n) is 3.98. The minimum Gasteiger partial charge on any atom is -0.486 e. The van der Waals surface area contributed by atoms with E-state index in [0.29, 0.717) is 18.8 Å². The number of anilines is 1. The molecular weight excluding hydrogens is 312 g/mol. The normalized spacial score (nSPS) is 16.4. The molecule has 8 heteroatoms. The van der Waals surface area contributed by atoms with E-state index in [1.54, 1.807) is 4.90 Å². The molecule has 0 fully saturated rings. The number of carbonyl (C=O) groups is 1. The van der Waals surface area contributed by atoms with E-state index in [1.807, 2.05) is 31.2 Å². The van der Waals surface area contributed by atoms with Gasteiger partial charge in [-0.1, -0.05) is 19.1 Å². The third kappa shape index (κ3) is 3.22. The van der Waals surface area contributed by atoms with Crippen molar-refractivity contribution in [3.63, 3.8) is 0 Å². The van der Waals surface area contributed by atoms with Crippen LogP contribution in [-0.4, -0.2) is 33.3 Å². The number of ether oxygens (including phenoxy) is 1. The van der Waals surface area contributed by atoms with E-state index in [0.717, 1.165) is 12.1 Å². The van der Waals surface area contributed by atoms with Gasteiger partial charge in [-0.05, 0) is 18.6 Å². The minimum absolute atomic E-state index is 0.0327. The lowest BCUT2D eigenvalue weighted by Gasteiger charge is -2.34. The van der Waals surface area contributed by atoms with Crippen molar-refractivity contribution < 1.29 is 14.5 Å². The average Bonchev–Trinajstić information content (AvgIpc) is 3.08. The molecule has 0 aliphatic carbocycles. The van der Waals surface area contributed by atoms with Gasteiger partial charge in [-0.3, -0.25) is 19.6 Å². The van der Waals surface area contributed by atoms with Crippen molar-refractivity contribution in [2.45, 2.75) is 32.4 Å². The predicted molar refractivity (Wildman–Crippen MR) is 87.0 cm³/mol. The van der Waals surface area contributed by atoms with E-state index in [9.17, 15) is 14.9 Å². The second kappa shape index (κ2) is 6.69. The first-order valence-electron chi connectivity index (χ1n) is 7.81. The summed E-state index contributed by atoms with van der Waals surface area (Å²) in [6, 6.07) is 7.46. The van der Waals surface area contributed by atoms with Crippen LogP contribution in [0.1, 0.15) is 19.8 Å². The second-order valence-corrected chi connectivity index (χ2v) is 5.59. The SMILES string of the molecule is CC[C@H]1CN(C(=O)CCn2cc([N+](=O)[O-])cn2)c2ccccc2O1. The van der Waals surface area contributed by atoms with Gasteiger partial charge in [-0.25, -0.2) is 0 Å². The molecule has 0 saturated carbocycles. The summed E-state index contributed by atoms with van der Waals surface area (Å²) in [4.78, 5) is 24.5. The summed E-state index contributed by atoms with van der Waals surface area (Å²) in [5, 5.41) is 14.6. The first-order chi connectivity index (χ1) is 11.6. The van der Waals surface area contributed by atoms with Crippen LogP contribution in [0.5, 0.6) is 5.75 Å². The highest BCUT2D eigenvalue weighted by atomic mass is 16.6. The quantitative estimate of drug-likeness (QED) is 0.620. The van der Waals surface area contributed by atoms with Gasteiger partial charge in [0, 0.05) is 13.0 Å². The number of hydrogen-bond acceptors (Lipinski definition) is 5. The number of carbonyl (C=O) groups excluding carboxylic acids is 1. The molecule has 8 nitrogen and oxygen atoms in total. The molecule has 2 heterocycles. The molecule has 3 rings (SSSR count). The largest absolute Gasteiger partial charge is 0.486 e. The van der Waals surface area contributed by atoms with Crippen molar-refractivity contribution in [2.75, 3.05) is 11.4 Å². The Morgan fingerprint density at radius 3 is 2.96 bits per heavy atom. The Hall–Kier alpha value is -2.90. The van der Waals surface area contributed by atoms with Crippen molar-refractivity contribution >= 4 is 17.3 Å². The van der Waals surface area contributed by atoms with Crippen LogP contribution in [0.25, 0.3) is 0 Å². The van der Waals surface area contributed by atoms with Gasteiger partial charge in [0.1, 0.15) is 24.2 Å². The van der Waals surface area contributed by atoms with Gasteiger partial charge in [0.2, 0.25) is 5.91 Å². The van der Waals surface area contributed by atoms with E-state index in [4.69, 9.17) is 4.74 Å². The lowest BCUT2D eigenvalue weighted by Crippen LogP contribution is -2.43. The topological polar surface area (TPSA) is 90.5 Å². The molecule has 1 aromatic heterocycles. The number of benzene rings is 1. The second-order valence-electron chi connectivity index (χ2n) is 5.59. The molecule has 1 atom stereocenters. The Balaban J connectivity index is 1.70. The number of fused-ring (bicyclic) bond motifs is 1. The molecule has 0 unspecified atom stereocenters. The standard InChI is InChI=1S/C16H18N4O4/c1-2-13-11-19(14-5-3-4-6-15(14)24-13)16(21)7-8-18-10-12(9-17-18)20(22)23/h3-6,9-10,13H,2,7-8,11H2,1H3/t13-/m0/s1. The lowest BCUT2D eigenvalue weighted by molar-refractivity contribution is -0.385. The predicted octanol–water partition coefficient (Wildman–Crippen LogP) is 2.39. The number of aromatic nitrogens is 2. The molecule has 0 saturated heterocycles. The van der Waals surface area contributed by atoms with E-state index in [-0.39, 0.29) is 24.1 Å². The fourth-order valence-electron chi connectivity index (χ4n) is 2.66. The highest BCUT2D eigenvalue weighted by molar-refractivity contribution is 5.95. The van der Waals surface area contributed by atoms with Gasteiger partial charge in [0.05, 0.1) is 17.2 Å². The Labute approximate surface area is 138 Å². The average molecular weight is 330 g/mol. The zero-order chi connectivity index (χ0) is 17.1. The van der Waals surface area contributed by atoms with E-state index < -0.39 is 4.92 Å². The van der Waals surface area contributed by atoms with Crippen LogP contribution in [0.3, 0.4) is 0 Å². The maximum Gasteiger partial charge on any atom is 0.306 e. The van der Waals surface area contributed by atoms with Gasteiger partial charge in [0.25, 0.3) is 0 Å². The Kier molecular flexibility index (Phi) is 4.45. The molecule has 0 bridgehead atoms. The number of para-hydroxylation sites is 2. The number of rotatable bonds is 5. The van der Waals surface area contributed by atoms with Crippen molar-refractivity contribution in [2.24, 2.45) is 0 Å². The Morgan fingerprint density at radius 2 is 2.25 bits per heavy atom. The Bertz CT molecular complexity index is 758.